The first-order chi connectivity index (χ1) is 15.8. The van der Waals surface area contributed by atoms with Gasteiger partial charge in [-0.25, -0.2) is 14.3 Å². The number of benzene rings is 2. The third-order valence-electron chi connectivity index (χ3n) is 4.50. The van der Waals surface area contributed by atoms with Crippen LogP contribution in [-0.4, -0.2) is 27.2 Å². The summed E-state index contributed by atoms with van der Waals surface area (Å²) in [6.07, 6.45) is -10.6. The molecule has 0 atom stereocenters. The van der Waals surface area contributed by atoms with Crippen molar-refractivity contribution >= 4 is 22.8 Å². The fourth-order valence-corrected chi connectivity index (χ4v) is 2.92. The second-order valence-electron chi connectivity index (χ2n) is 6.93. The zero-order valence-corrected chi connectivity index (χ0v) is 17.2. The highest BCUT2D eigenvalue weighted by Gasteiger charge is 2.43. The predicted octanol–water partition coefficient (Wildman–Crippen LogP) is 6.21. The fraction of sp³-hybridized carbons (Fsp3) is 0.300. The molecule has 0 saturated heterocycles. The fourth-order valence-electron chi connectivity index (χ4n) is 2.92. The molecule has 1 heterocycles. The highest BCUT2D eigenvalue weighted by atomic mass is 19.4. The number of aromatic nitrogens is 2. The molecule has 0 saturated carbocycles. The quantitative estimate of drug-likeness (QED) is 0.176. The summed E-state index contributed by atoms with van der Waals surface area (Å²) in [5.41, 5.74) is -5.13. The minimum Gasteiger partial charge on any atom is -0.494 e. The summed E-state index contributed by atoms with van der Waals surface area (Å²) in [4.78, 5) is 25.6. The minimum absolute atomic E-state index is 0.0441. The zero-order valence-electron chi connectivity index (χ0n) is 17.2. The van der Waals surface area contributed by atoms with Crippen molar-refractivity contribution in [3.8, 4) is 11.5 Å². The number of nitro groups is 1. The SMILES string of the molecule is CCCCOc1ccc(OC(=O)n2c(C(F)(F)F)nc3c([N+](=O)[O-])cc(C(F)(F)F)cc32)cc1. The maximum absolute atomic E-state index is 13.6. The minimum atomic E-state index is -5.35. The zero-order chi connectivity index (χ0) is 25.3. The molecule has 0 fully saturated rings. The molecule has 14 heteroatoms. The van der Waals surface area contributed by atoms with Gasteiger partial charge >= 0.3 is 18.4 Å². The molecular formula is C20H15F6N3O5. The summed E-state index contributed by atoms with van der Waals surface area (Å²) < 4.78 is 90.4. The smallest absolute Gasteiger partial charge is 0.450 e. The number of rotatable bonds is 6. The van der Waals surface area contributed by atoms with Gasteiger partial charge in [-0.1, -0.05) is 13.3 Å². The van der Waals surface area contributed by atoms with E-state index in [0.717, 1.165) is 12.8 Å². The molecule has 0 spiro atoms. The molecule has 0 aliphatic carbocycles. The maximum Gasteiger partial charge on any atom is 0.450 e. The van der Waals surface area contributed by atoms with E-state index in [2.05, 4.69) is 4.98 Å². The molecule has 182 valence electrons. The first-order valence-corrected chi connectivity index (χ1v) is 9.63. The van der Waals surface area contributed by atoms with E-state index in [1.807, 2.05) is 6.92 Å². The monoisotopic (exact) mass is 491 g/mol. The van der Waals surface area contributed by atoms with E-state index in [1.54, 1.807) is 0 Å². The van der Waals surface area contributed by atoms with Crippen molar-refractivity contribution in [3.63, 3.8) is 0 Å². The van der Waals surface area contributed by atoms with Gasteiger partial charge in [0, 0.05) is 6.07 Å². The van der Waals surface area contributed by atoms with Crippen LogP contribution in [0, 0.1) is 10.1 Å². The number of non-ortho nitro benzene ring substituents is 1. The molecule has 0 radical (unpaired) electrons. The Morgan fingerprint density at radius 1 is 1.06 bits per heavy atom. The lowest BCUT2D eigenvalue weighted by Crippen LogP contribution is -2.24. The maximum atomic E-state index is 13.6. The molecule has 0 aliphatic heterocycles. The Bertz CT molecular complexity index is 1220. The number of halogens is 6. The van der Waals surface area contributed by atoms with Gasteiger partial charge in [-0.2, -0.15) is 26.3 Å². The Kier molecular flexibility index (Phi) is 6.70. The van der Waals surface area contributed by atoms with Crippen LogP contribution < -0.4 is 9.47 Å². The summed E-state index contributed by atoms with van der Waals surface area (Å²) >= 11 is 0. The summed E-state index contributed by atoms with van der Waals surface area (Å²) in [7, 11) is 0. The van der Waals surface area contributed by atoms with Crippen LogP contribution in [0.4, 0.5) is 36.8 Å². The number of unbranched alkanes of at least 4 members (excludes halogenated alkanes) is 1. The average Bonchev–Trinajstić information content (AvgIpc) is 3.14. The van der Waals surface area contributed by atoms with Crippen LogP contribution in [0.1, 0.15) is 31.2 Å². The number of alkyl halides is 6. The van der Waals surface area contributed by atoms with Gasteiger partial charge in [-0.05, 0) is 36.8 Å². The van der Waals surface area contributed by atoms with Crippen molar-refractivity contribution in [1.82, 2.24) is 9.55 Å². The first-order valence-electron chi connectivity index (χ1n) is 9.63. The van der Waals surface area contributed by atoms with E-state index in [4.69, 9.17) is 9.47 Å². The molecular weight excluding hydrogens is 476 g/mol. The van der Waals surface area contributed by atoms with E-state index in [-0.39, 0.29) is 22.4 Å². The second-order valence-corrected chi connectivity index (χ2v) is 6.93. The summed E-state index contributed by atoms with van der Waals surface area (Å²) in [5.74, 6) is -1.83. The topological polar surface area (TPSA) is 96.5 Å². The van der Waals surface area contributed by atoms with E-state index >= 15 is 0 Å². The van der Waals surface area contributed by atoms with Crippen LogP contribution in [0.2, 0.25) is 0 Å². The van der Waals surface area contributed by atoms with Gasteiger partial charge < -0.3 is 9.47 Å². The second kappa shape index (κ2) is 9.19. The van der Waals surface area contributed by atoms with E-state index < -0.39 is 51.5 Å². The largest absolute Gasteiger partial charge is 0.494 e. The molecule has 8 nitrogen and oxygen atoms in total. The van der Waals surface area contributed by atoms with Crippen LogP contribution in [0.3, 0.4) is 0 Å². The number of nitro benzene ring substituents is 1. The van der Waals surface area contributed by atoms with Crippen molar-refractivity contribution in [2.75, 3.05) is 6.61 Å². The highest BCUT2D eigenvalue weighted by Crippen LogP contribution is 2.39. The summed E-state index contributed by atoms with van der Waals surface area (Å²) in [5, 5.41) is 11.2. The van der Waals surface area contributed by atoms with Gasteiger partial charge in [0.1, 0.15) is 11.5 Å². The Morgan fingerprint density at radius 3 is 2.21 bits per heavy atom. The van der Waals surface area contributed by atoms with Crippen LogP contribution in [0.5, 0.6) is 11.5 Å². The van der Waals surface area contributed by atoms with E-state index in [1.165, 1.54) is 24.3 Å². The lowest BCUT2D eigenvalue weighted by Gasteiger charge is -2.12. The predicted molar refractivity (Wildman–Crippen MR) is 105 cm³/mol. The van der Waals surface area contributed by atoms with Crippen LogP contribution >= 0.6 is 0 Å². The molecule has 2 aromatic carbocycles. The van der Waals surface area contributed by atoms with Crippen molar-refractivity contribution in [2.45, 2.75) is 32.1 Å². The number of fused-ring (bicyclic) bond motifs is 1. The molecule has 3 rings (SSSR count). The third-order valence-corrected chi connectivity index (χ3v) is 4.50. The Morgan fingerprint density at radius 2 is 1.68 bits per heavy atom. The molecule has 0 aliphatic rings. The normalized spacial score (nSPS) is 12.1. The molecule has 3 aromatic rings. The van der Waals surface area contributed by atoms with Crippen LogP contribution in [0.15, 0.2) is 36.4 Å². The van der Waals surface area contributed by atoms with E-state index in [0.29, 0.717) is 12.4 Å². The average molecular weight is 491 g/mol. The van der Waals surface area contributed by atoms with Crippen molar-refractivity contribution < 1.29 is 45.5 Å². The number of carbonyl (C=O) groups excluding carboxylic acids is 1. The third kappa shape index (κ3) is 5.21. The van der Waals surface area contributed by atoms with Gasteiger partial charge in [0.2, 0.25) is 5.82 Å². The lowest BCUT2D eigenvalue weighted by molar-refractivity contribution is -0.383. The van der Waals surface area contributed by atoms with E-state index in [9.17, 15) is 41.3 Å². The van der Waals surface area contributed by atoms with Crippen LogP contribution in [0.25, 0.3) is 11.0 Å². The molecule has 0 amide bonds. The molecule has 0 bridgehead atoms. The summed E-state index contributed by atoms with van der Waals surface area (Å²) in [6.45, 7) is 2.36. The number of nitrogens with zero attached hydrogens (tertiary/aromatic N) is 3. The van der Waals surface area contributed by atoms with Crippen molar-refractivity contribution in [3.05, 3.63) is 57.9 Å². The first kappa shape index (κ1) is 24.8. The number of imidazole rings is 1. The number of hydrogen-bond acceptors (Lipinski definition) is 6. The number of carbonyl (C=O) groups is 1. The molecule has 1 aromatic heterocycles. The van der Waals surface area contributed by atoms with Crippen LogP contribution in [-0.2, 0) is 12.4 Å². The van der Waals surface area contributed by atoms with Gasteiger partial charge in [-0.15, -0.1) is 0 Å². The van der Waals surface area contributed by atoms with Gasteiger partial charge in [0.15, 0.2) is 5.52 Å². The molecule has 0 N–H and O–H groups in total. The van der Waals surface area contributed by atoms with Gasteiger partial charge in [0.25, 0.3) is 5.69 Å². The van der Waals surface area contributed by atoms with Crippen molar-refractivity contribution in [1.29, 1.82) is 0 Å². The Labute approximate surface area is 186 Å². The Balaban J connectivity index is 2.08. The standard InChI is InChI=1S/C20H15F6N3O5/c1-2-3-8-33-12-4-6-13(7-5-12)34-18(30)28-14-9-11(19(21,22)23)10-15(29(31)32)16(14)27-17(28)20(24,25)26/h4-7,9-10H,2-3,8H2,1H3. The summed E-state index contributed by atoms with van der Waals surface area (Å²) in [6, 6.07) is 5.37. The molecule has 34 heavy (non-hydrogen) atoms. The number of ether oxygens (including phenoxy) is 2. The van der Waals surface area contributed by atoms with Gasteiger partial charge in [0.05, 0.1) is 22.6 Å². The Hall–Kier alpha value is -3.84. The number of hydrogen-bond donors (Lipinski definition) is 0. The lowest BCUT2D eigenvalue weighted by atomic mass is 10.1. The highest BCUT2D eigenvalue weighted by molar-refractivity contribution is 5.93. The van der Waals surface area contributed by atoms with Gasteiger partial charge in [-0.3, -0.25) is 10.1 Å². The van der Waals surface area contributed by atoms with Crippen molar-refractivity contribution in [2.24, 2.45) is 0 Å². The molecule has 0 unspecified atom stereocenters.